The number of pyridine rings is 1. The Balaban J connectivity index is 1.43. The number of carbonyl (C=O) groups excluding carboxylic acids is 1. The zero-order valence-corrected chi connectivity index (χ0v) is 14.9. The highest BCUT2D eigenvalue weighted by molar-refractivity contribution is 5.94. The van der Waals surface area contributed by atoms with Gasteiger partial charge >= 0.3 is 0 Å². The lowest BCUT2D eigenvalue weighted by Gasteiger charge is -2.08. The Bertz CT molecular complexity index is 1050. The predicted octanol–water partition coefficient (Wildman–Crippen LogP) is 3.20. The molecule has 1 aromatic carbocycles. The van der Waals surface area contributed by atoms with E-state index >= 15 is 0 Å². The molecule has 0 aliphatic carbocycles. The molecule has 0 aliphatic heterocycles. The van der Waals surface area contributed by atoms with Gasteiger partial charge in [-0.15, -0.1) is 0 Å². The van der Waals surface area contributed by atoms with E-state index in [9.17, 15) is 4.79 Å². The number of nitrogens with zero attached hydrogens (tertiary/aromatic N) is 4. The third-order valence-electron chi connectivity index (χ3n) is 4.40. The molecule has 0 saturated heterocycles. The number of rotatable bonds is 5. The first-order valence-corrected chi connectivity index (χ1v) is 8.64. The smallest absolute Gasteiger partial charge is 0.251 e. The molecule has 1 amide bonds. The first kappa shape index (κ1) is 16.8. The van der Waals surface area contributed by atoms with Crippen LogP contribution >= 0.6 is 0 Å². The second-order valence-electron chi connectivity index (χ2n) is 6.24. The molecule has 4 rings (SSSR count). The summed E-state index contributed by atoms with van der Waals surface area (Å²) in [5, 5.41) is 7.13. The SMILES string of the molecule is Cn1nccc1-c1cncc(CNC(=O)c2ccc(-n3cccc3)cc2)c1. The monoisotopic (exact) mass is 357 g/mol. The number of aryl methyl sites for hydroxylation is 1. The lowest BCUT2D eigenvalue weighted by atomic mass is 10.1. The van der Waals surface area contributed by atoms with Crippen LogP contribution in [0.3, 0.4) is 0 Å². The zero-order valence-electron chi connectivity index (χ0n) is 14.9. The van der Waals surface area contributed by atoms with E-state index in [0.29, 0.717) is 12.1 Å². The molecule has 0 atom stereocenters. The van der Waals surface area contributed by atoms with Crippen molar-refractivity contribution in [1.82, 2.24) is 24.6 Å². The van der Waals surface area contributed by atoms with Gasteiger partial charge < -0.3 is 9.88 Å². The molecule has 0 unspecified atom stereocenters. The van der Waals surface area contributed by atoms with Gasteiger partial charge in [0.15, 0.2) is 0 Å². The van der Waals surface area contributed by atoms with E-state index in [1.165, 1.54) is 0 Å². The zero-order chi connectivity index (χ0) is 18.6. The molecule has 6 heteroatoms. The predicted molar refractivity (Wildman–Crippen MR) is 103 cm³/mol. The van der Waals surface area contributed by atoms with E-state index in [1.54, 1.807) is 23.3 Å². The number of amides is 1. The van der Waals surface area contributed by atoms with Crippen molar-refractivity contribution >= 4 is 5.91 Å². The van der Waals surface area contributed by atoms with Crippen molar-refractivity contribution in [2.45, 2.75) is 6.54 Å². The minimum atomic E-state index is -0.111. The number of benzene rings is 1. The maximum atomic E-state index is 12.4. The molecule has 27 heavy (non-hydrogen) atoms. The summed E-state index contributed by atoms with van der Waals surface area (Å²) in [6.07, 6.45) is 9.24. The summed E-state index contributed by atoms with van der Waals surface area (Å²) in [6, 6.07) is 15.4. The van der Waals surface area contributed by atoms with Crippen molar-refractivity contribution in [1.29, 1.82) is 0 Å². The van der Waals surface area contributed by atoms with Gasteiger partial charge in [-0.2, -0.15) is 5.10 Å². The summed E-state index contributed by atoms with van der Waals surface area (Å²) in [5.41, 5.74) is 4.53. The van der Waals surface area contributed by atoms with Crippen LogP contribution in [0, 0.1) is 0 Å². The molecule has 134 valence electrons. The highest BCUT2D eigenvalue weighted by Crippen LogP contribution is 2.18. The third kappa shape index (κ3) is 3.64. The molecule has 3 aromatic heterocycles. The second-order valence-corrected chi connectivity index (χ2v) is 6.24. The summed E-state index contributed by atoms with van der Waals surface area (Å²) in [6.45, 7) is 0.414. The van der Waals surface area contributed by atoms with Crippen molar-refractivity contribution in [3.63, 3.8) is 0 Å². The molecule has 0 fully saturated rings. The van der Waals surface area contributed by atoms with Gasteiger partial charge in [-0.1, -0.05) is 0 Å². The van der Waals surface area contributed by atoms with Gasteiger partial charge in [0, 0.05) is 61.4 Å². The summed E-state index contributed by atoms with van der Waals surface area (Å²) in [5.74, 6) is -0.111. The summed E-state index contributed by atoms with van der Waals surface area (Å²) in [4.78, 5) is 16.7. The Morgan fingerprint density at radius 2 is 1.85 bits per heavy atom. The highest BCUT2D eigenvalue weighted by Gasteiger charge is 2.08. The van der Waals surface area contributed by atoms with Crippen molar-refractivity contribution in [3.05, 3.63) is 90.6 Å². The van der Waals surface area contributed by atoms with Gasteiger partial charge in [-0.3, -0.25) is 14.5 Å². The van der Waals surface area contributed by atoms with Crippen LogP contribution in [-0.2, 0) is 13.6 Å². The van der Waals surface area contributed by atoms with Crippen LogP contribution in [0.4, 0.5) is 0 Å². The van der Waals surface area contributed by atoms with Crippen LogP contribution in [0.1, 0.15) is 15.9 Å². The van der Waals surface area contributed by atoms with Crippen LogP contribution < -0.4 is 5.32 Å². The van der Waals surface area contributed by atoms with E-state index < -0.39 is 0 Å². The molecular weight excluding hydrogens is 338 g/mol. The molecule has 0 radical (unpaired) electrons. The van der Waals surface area contributed by atoms with Gasteiger partial charge in [0.1, 0.15) is 0 Å². The maximum Gasteiger partial charge on any atom is 0.251 e. The van der Waals surface area contributed by atoms with Crippen molar-refractivity contribution < 1.29 is 4.79 Å². The number of nitrogens with one attached hydrogen (secondary N) is 1. The van der Waals surface area contributed by atoms with E-state index in [0.717, 1.165) is 22.5 Å². The van der Waals surface area contributed by atoms with Gasteiger partial charge in [0.25, 0.3) is 5.91 Å². The van der Waals surface area contributed by atoms with E-state index in [2.05, 4.69) is 15.4 Å². The summed E-state index contributed by atoms with van der Waals surface area (Å²) >= 11 is 0. The van der Waals surface area contributed by atoms with Crippen LogP contribution in [0.5, 0.6) is 0 Å². The van der Waals surface area contributed by atoms with E-state index in [-0.39, 0.29) is 5.91 Å². The summed E-state index contributed by atoms with van der Waals surface area (Å²) < 4.78 is 3.79. The fourth-order valence-electron chi connectivity index (χ4n) is 2.96. The Morgan fingerprint density at radius 3 is 2.56 bits per heavy atom. The Morgan fingerprint density at radius 1 is 1.07 bits per heavy atom. The van der Waals surface area contributed by atoms with Crippen molar-refractivity contribution in [2.24, 2.45) is 7.05 Å². The molecule has 4 aromatic rings. The molecule has 6 nitrogen and oxygen atoms in total. The lowest BCUT2D eigenvalue weighted by Crippen LogP contribution is -2.22. The average Bonchev–Trinajstić information content (AvgIpc) is 3.38. The normalized spacial score (nSPS) is 10.7. The number of hydrogen-bond donors (Lipinski definition) is 1. The first-order valence-electron chi connectivity index (χ1n) is 8.64. The lowest BCUT2D eigenvalue weighted by molar-refractivity contribution is 0.0951. The Labute approximate surface area is 157 Å². The van der Waals surface area contributed by atoms with Crippen LogP contribution in [0.15, 0.2) is 79.5 Å². The first-order chi connectivity index (χ1) is 13.2. The molecule has 0 bridgehead atoms. The topological polar surface area (TPSA) is 64.7 Å². The summed E-state index contributed by atoms with van der Waals surface area (Å²) in [7, 11) is 1.89. The van der Waals surface area contributed by atoms with E-state index in [1.807, 2.05) is 72.5 Å². The van der Waals surface area contributed by atoms with E-state index in [4.69, 9.17) is 0 Å². The molecule has 0 spiro atoms. The van der Waals surface area contributed by atoms with Crippen molar-refractivity contribution in [2.75, 3.05) is 0 Å². The second kappa shape index (κ2) is 7.29. The minimum Gasteiger partial charge on any atom is -0.348 e. The van der Waals surface area contributed by atoms with Gasteiger partial charge in [0.2, 0.25) is 0 Å². The van der Waals surface area contributed by atoms with Crippen LogP contribution in [0.25, 0.3) is 16.9 Å². The maximum absolute atomic E-state index is 12.4. The molecule has 1 N–H and O–H groups in total. The standard InChI is InChI=1S/C21H19N5O/c1-25-20(8-9-24-25)18-12-16(13-22-15-18)14-23-21(27)17-4-6-19(7-5-17)26-10-2-3-11-26/h2-13,15H,14H2,1H3,(H,23,27). The van der Waals surface area contributed by atoms with Crippen LogP contribution in [0.2, 0.25) is 0 Å². The third-order valence-corrected chi connectivity index (χ3v) is 4.40. The molecule has 0 aliphatic rings. The molecule has 0 saturated carbocycles. The molecular formula is C21H19N5O. The van der Waals surface area contributed by atoms with Crippen LogP contribution in [-0.4, -0.2) is 25.2 Å². The Hall–Kier alpha value is -3.67. The fourth-order valence-corrected chi connectivity index (χ4v) is 2.96. The molecule has 3 heterocycles. The quantitative estimate of drug-likeness (QED) is 0.596. The number of carbonyl (C=O) groups is 1. The Kier molecular flexibility index (Phi) is 4.53. The van der Waals surface area contributed by atoms with Gasteiger partial charge in [0.05, 0.1) is 5.69 Å². The fraction of sp³-hybridized carbons (Fsp3) is 0.0952. The van der Waals surface area contributed by atoms with Gasteiger partial charge in [-0.25, -0.2) is 0 Å². The average molecular weight is 357 g/mol. The van der Waals surface area contributed by atoms with Gasteiger partial charge in [-0.05, 0) is 54.1 Å². The largest absolute Gasteiger partial charge is 0.348 e. The number of hydrogen-bond acceptors (Lipinski definition) is 3. The number of aromatic nitrogens is 4. The van der Waals surface area contributed by atoms with Crippen molar-refractivity contribution in [3.8, 4) is 16.9 Å². The highest BCUT2D eigenvalue weighted by atomic mass is 16.1. The minimum absolute atomic E-state index is 0.111.